The van der Waals surface area contributed by atoms with Crippen molar-refractivity contribution < 1.29 is 9.53 Å². The summed E-state index contributed by atoms with van der Waals surface area (Å²) in [6.07, 6.45) is 3.56. The Bertz CT molecular complexity index is 737. The number of carbonyl (C=O) groups excluding carboxylic acids is 1. The Hall–Kier alpha value is -2.26. The predicted octanol–water partition coefficient (Wildman–Crippen LogP) is 3.95. The lowest BCUT2D eigenvalue weighted by atomic mass is 9.90. The van der Waals surface area contributed by atoms with Gasteiger partial charge in [-0.25, -0.2) is 0 Å². The van der Waals surface area contributed by atoms with Crippen LogP contribution in [0.15, 0.2) is 48.5 Å². The van der Waals surface area contributed by atoms with Crippen molar-refractivity contribution in [2.45, 2.75) is 12.8 Å². The van der Waals surface area contributed by atoms with Gasteiger partial charge in [-0.2, -0.15) is 0 Å². The molecule has 0 aliphatic heterocycles. The van der Waals surface area contributed by atoms with Gasteiger partial charge in [0.15, 0.2) is 0 Å². The highest BCUT2D eigenvalue weighted by Crippen LogP contribution is 2.33. The number of aryl methyl sites for hydroxylation is 1. The largest absolute Gasteiger partial charge is 0.456 e. The van der Waals surface area contributed by atoms with Gasteiger partial charge in [0.25, 0.3) is 0 Å². The molecule has 21 heavy (non-hydrogen) atoms. The van der Waals surface area contributed by atoms with Gasteiger partial charge in [-0.3, -0.25) is 4.79 Å². The quantitative estimate of drug-likeness (QED) is 0.933. The molecule has 4 heteroatoms. The fraction of sp³-hybridized carbons (Fsp3) is 0.118. The van der Waals surface area contributed by atoms with Crippen molar-refractivity contribution >= 4 is 23.1 Å². The van der Waals surface area contributed by atoms with Crippen LogP contribution in [0.4, 0.5) is 0 Å². The van der Waals surface area contributed by atoms with Gasteiger partial charge in [0, 0.05) is 5.57 Å². The Labute approximate surface area is 128 Å². The van der Waals surface area contributed by atoms with Crippen LogP contribution in [0.3, 0.4) is 0 Å². The summed E-state index contributed by atoms with van der Waals surface area (Å²) in [4.78, 5) is 11.4. The Morgan fingerprint density at radius 2 is 2.00 bits per heavy atom. The zero-order valence-electron chi connectivity index (χ0n) is 11.3. The average Bonchev–Trinajstić information content (AvgIpc) is 2.48. The van der Waals surface area contributed by atoms with Crippen LogP contribution in [-0.4, -0.2) is 5.91 Å². The second-order valence-electron chi connectivity index (χ2n) is 4.87. The van der Waals surface area contributed by atoms with Crippen LogP contribution < -0.4 is 10.5 Å². The van der Waals surface area contributed by atoms with Crippen LogP contribution >= 0.6 is 11.6 Å². The highest BCUT2D eigenvalue weighted by atomic mass is 35.5. The van der Waals surface area contributed by atoms with Crippen LogP contribution in [0.1, 0.15) is 17.5 Å². The lowest BCUT2D eigenvalue weighted by Gasteiger charge is -2.17. The standard InChI is InChI=1S/C17H14ClNO2/c18-15-6-1-2-7-16(15)21-12-8-9-13-11(10-12)4-3-5-14(13)17(19)20/h1-2,5-10H,3-4H2,(H2,19,20). The number of ether oxygens (including phenoxy) is 1. The number of fused-ring (bicyclic) bond motifs is 1. The minimum atomic E-state index is -0.393. The number of halogens is 1. The monoisotopic (exact) mass is 299 g/mol. The molecule has 1 aliphatic rings. The maximum Gasteiger partial charge on any atom is 0.248 e. The van der Waals surface area contributed by atoms with E-state index in [0.717, 1.165) is 24.0 Å². The van der Waals surface area contributed by atoms with E-state index in [1.54, 1.807) is 6.07 Å². The molecule has 106 valence electrons. The molecule has 1 aliphatic carbocycles. The minimum Gasteiger partial charge on any atom is -0.456 e. The van der Waals surface area contributed by atoms with E-state index >= 15 is 0 Å². The number of para-hydroxylation sites is 1. The van der Waals surface area contributed by atoms with Crippen molar-refractivity contribution in [3.63, 3.8) is 0 Å². The Balaban J connectivity index is 1.92. The smallest absolute Gasteiger partial charge is 0.248 e. The molecule has 0 fully saturated rings. The van der Waals surface area contributed by atoms with Crippen molar-refractivity contribution in [2.24, 2.45) is 5.73 Å². The molecular weight excluding hydrogens is 286 g/mol. The van der Waals surface area contributed by atoms with E-state index in [1.807, 2.05) is 42.5 Å². The summed E-state index contributed by atoms with van der Waals surface area (Å²) in [5, 5.41) is 0.563. The highest BCUT2D eigenvalue weighted by molar-refractivity contribution is 6.32. The van der Waals surface area contributed by atoms with Crippen LogP contribution in [0, 0.1) is 0 Å². The maximum atomic E-state index is 11.4. The highest BCUT2D eigenvalue weighted by Gasteiger charge is 2.17. The zero-order chi connectivity index (χ0) is 14.8. The second kappa shape index (κ2) is 5.62. The lowest BCUT2D eigenvalue weighted by Crippen LogP contribution is -2.16. The van der Waals surface area contributed by atoms with Crippen molar-refractivity contribution in [2.75, 3.05) is 0 Å². The fourth-order valence-electron chi connectivity index (χ4n) is 2.47. The van der Waals surface area contributed by atoms with E-state index in [9.17, 15) is 4.79 Å². The zero-order valence-corrected chi connectivity index (χ0v) is 12.1. The molecule has 0 spiro atoms. The first-order valence-electron chi connectivity index (χ1n) is 6.71. The number of allylic oxidation sites excluding steroid dienone is 1. The molecule has 0 heterocycles. The molecule has 0 radical (unpaired) electrons. The third kappa shape index (κ3) is 2.78. The Morgan fingerprint density at radius 1 is 1.19 bits per heavy atom. The Kier molecular flexibility index (Phi) is 3.67. The van der Waals surface area contributed by atoms with Crippen molar-refractivity contribution in [3.05, 3.63) is 64.7 Å². The molecule has 0 saturated carbocycles. The number of hydrogen-bond acceptors (Lipinski definition) is 2. The van der Waals surface area contributed by atoms with E-state index in [4.69, 9.17) is 22.1 Å². The third-order valence-electron chi connectivity index (χ3n) is 3.46. The predicted molar refractivity (Wildman–Crippen MR) is 83.5 cm³/mol. The average molecular weight is 300 g/mol. The van der Waals surface area contributed by atoms with E-state index in [0.29, 0.717) is 22.1 Å². The number of carbonyl (C=O) groups is 1. The number of benzene rings is 2. The van der Waals surface area contributed by atoms with Crippen LogP contribution in [0.2, 0.25) is 5.02 Å². The van der Waals surface area contributed by atoms with Gasteiger partial charge < -0.3 is 10.5 Å². The summed E-state index contributed by atoms with van der Waals surface area (Å²) in [5.41, 5.74) is 7.95. The van der Waals surface area contributed by atoms with E-state index in [2.05, 4.69) is 0 Å². The summed E-state index contributed by atoms with van der Waals surface area (Å²) in [7, 11) is 0. The summed E-state index contributed by atoms with van der Waals surface area (Å²) in [5.74, 6) is 0.920. The van der Waals surface area contributed by atoms with E-state index in [-0.39, 0.29) is 0 Å². The molecule has 1 amide bonds. The first-order valence-corrected chi connectivity index (χ1v) is 7.08. The van der Waals surface area contributed by atoms with Gasteiger partial charge in [-0.15, -0.1) is 0 Å². The second-order valence-corrected chi connectivity index (χ2v) is 5.28. The normalized spacial score (nSPS) is 13.3. The van der Waals surface area contributed by atoms with Gasteiger partial charge in [-0.1, -0.05) is 35.9 Å². The Morgan fingerprint density at radius 3 is 2.76 bits per heavy atom. The fourth-order valence-corrected chi connectivity index (χ4v) is 2.65. The number of amides is 1. The first-order chi connectivity index (χ1) is 10.1. The molecule has 3 rings (SSSR count). The molecule has 2 aromatic rings. The molecule has 0 saturated heterocycles. The van der Waals surface area contributed by atoms with Gasteiger partial charge in [0.1, 0.15) is 11.5 Å². The SMILES string of the molecule is NC(=O)C1=CCCc2cc(Oc3ccccc3Cl)ccc21. The molecule has 0 aromatic heterocycles. The molecule has 0 atom stereocenters. The van der Waals surface area contributed by atoms with Crippen LogP contribution in [-0.2, 0) is 11.2 Å². The van der Waals surface area contributed by atoms with Crippen molar-refractivity contribution in [1.82, 2.24) is 0 Å². The minimum absolute atomic E-state index is 0.393. The number of primary amides is 1. The maximum absolute atomic E-state index is 11.4. The number of rotatable bonds is 3. The summed E-state index contributed by atoms with van der Waals surface area (Å²) < 4.78 is 5.80. The van der Waals surface area contributed by atoms with Gasteiger partial charge in [-0.05, 0) is 48.2 Å². The van der Waals surface area contributed by atoms with E-state index in [1.165, 1.54) is 0 Å². The topological polar surface area (TPSA) is 52.3 Å². The molecule has 2 aromatic carbocycles. The summed E-state index contributed by atoms with van der Waals surface area (Å²) in [6, 6.07) is 13.0. The molecule has 3 nitrogen and oxygen atoms in total. The molecular formula is C17H14ClNO2. The van der Waals surface area contributed by atoms with Crippen molar-refractivity contribution in [3.8, 4) is 11.5 Å². The summed E-state index contributed by atoms with van der Waals surface area (Å²) >= 11 is 6.09. The van der Waals surface area contributed by atoms with E-state index < -0.39 is 5.91 Å². The third-order valence-corrected chi connectivity index (χ3v) is 3.77. The molecule has 0 unspecified atom stereocenters. The van der Waals surface area contributed by atoms with Gasteiger partial charge in [0.05, 0.1) is 5.02 Å². The van der Waals surface area contributed by atoms with Crippen LogP contribution in [0.5, 0.6) is 11.5 Å². The number of nitrogens with two attached hydrogens (primary N) is 1. The van der Waals surface area contributed by atoms with Gasteiger partial charge in [0.2, 0.25) is 5.91 Å². The lowest BCUT2D eigenvalue weighted by molar-refractivity contribution is -0.112. The van der Waals surface area contributed by atoms with Crippen molar-refractivity contribution in [1.29, 1.82) is 0 Å². The summed E-state index contributed by atoms with van der Waals surface area (Å²) in [6.45, 7) is 0. The molecule has 0 bridgehead atoms. The first kappa shape index (κ1) is 13.7. The molecule has 2 N–H and O–H groups in total. The number of hydrogen-bond donors (Lipinski definition) is 1. The van der Waals surface area contributed by atoms with Crippen LogP contribution in [0.25, 0.3) is 5.57 Å². The van der Waals surface area contributed by atoms with Gasteiger partial charge >= 0.3 is 0 Å².